The monoisotopic (exact) mass is 207 g/mol. The molecule has 82 valence electrons. The van der Waals surface area contributed by atoms with E-state index in [1.165, 1.54) is 0 Å². The minimum atomic E-state index is -0.170. The Morgan fingerprint density at radius 3 is 2.67 bits per heavy atom. The third-order valence-electron chi connectivity index (χ3n) is 3.66. The maximum absolute atomic E-state index is 11.5. The van der Waals surface area contributed by atoms with Crippen LogP contribution in [0.25, 0.3) is 0 Å². The second kappa shape index (κ2) is 3.12. The molecule has 0 aromatic carbocycles. The van der Waals surface area contributed by atoms with Crippen molar-refractivity contribution >= 4 is 5.91 Å². The third-order valence-corrected chi connectivity index (χ3v) is 3.66. The molecule has 0 saturated carbocycles. The number of rotatable bonds is 2. The Labute approximate surface area is 89.9 Å². The summed E-state index contributed by atoms with van der Waals surface area (Å²) in [6.45, 7) is 6.27. The molecule has 3 heteroatoms. The molecule has 3 nitrogen and oxygen atoms in total. The molecule has 1 N–H and O–H groups in total. The van der Waals surface area contributed by atoms with Gasteiger partial charge in [-0.25, -0.2) is 0 Å². The molecule has 1 aliphatic rings. The molecule has 2 rings (SSSR count). The average molecular weight is 207 g/mol. The SMILES string of the molecule is CC1(Cc2ccco2)CC(=O)NC1(C)C. The highest BCUT2D eigenvalue weighted by molar-refractivity contribution is 5.80. The number of carbonyl (C=O) groups excluding carboxylic acids is 1. The number of amides is 1. The fraction of sp³-hybridized carbons (Fsp3) is 0.583. The van der Waals surface area contributed by atoms with Gasteiger partial charge in [0.1, 0.15) is 5.76 Å². The molecule has 1 aromatic heterocycles. The molecule has 0 aliphatic carbocycles. The molecular formula is C12H17NO2. The van der Waals surface area contributed by atoms with Gasteiger partial charge >= 0.3 is 0 Å². The van der Waals surface area contributed by atoms with Crippen LogP contribution in [-0.2, 0) is 11.2 Å². The topological polar surface area (TPSA) is 42.2 Å². The van der Waals surface area contributed by atoms with E-state index in [-0.39, 0.29) is 16.9 Å². The van der Waals surface area contributed by atoms with Crippen molar-refractivity contribution in [3.05, 3.63) is 24.2 Å². The van der Waals surface area contributed by atoms with Gasteiger partial charge in [0.15, 0.2) is 0 Å². The number of nitrogens with one attached hydrogen (secondary N) is 1. The molecule has 0 radical (unpaired) electrons. The van der Waals surface area contributed by atoms with E-state index in [1.807, 2.05) is 12.1 Å². The number of furan rings is 1. The smallest absolute Gasteiger partial charge is 0.221 e. The van der Waals surface area contributed by atoms with Gasteiger partial charge in [-0.15, -0.1) is 0 Å². The summed E-state index contributed by atoms with van der Waals surface area (Å²) in [4.78, 5) is 11.5. The minimum absolute atomic E-state index is 0.0675. The normalized spacial score (nSPS) is 29.1. The molecule has 1 unspecified atom stereocenters. The fourth-order valence-corrected chi connectivity index (χ4v) is 2.20. The van der Waals surface area contributed by atoms with E-state index in [9.17, 15) is 4.79 Å². The van der Waals surface area contributed by atoms with Gasteiger partial charge in [0, 0.05) is 23.8 Å². The minimum Gasteiger partial charge on any atom is -0.469 e. The van der Waals surface area contributed by atoms with Crippen LogP contribution in [0.5, 0.6) is 0 Å². The van der Waals surface area contributed by atoms with Crippen LogP contribution in [0.15, 0.2) is 22.8 Å². The summed E-state index contributed by atoms with van der Waals surface area (Å²) in [6.07, 6.45) is 3.04. The van der Waals surface area contributed by atoms with E-state index in [0.717, 1.165) is 12.2 Å². The first-order chi connectivity index (χ1) is 6.93. The lowest BCUT2D eigenvalue weighted by atomic mass is 9.71. The first kappa shape index (κ1) is 10.3. The van der Waals surface area contributed by atoms with Crippen molar-refractivity contribution in [2.45, 2.75) is 39.2 Å². The van der Waals surface area contributed by atoms with Crippen molar-refractivity contribution in [2.75, 3.05) is 0 Å². The number of hydrogen-bond acceptors (Lipinski definition) is 2. The van der Waals surface area contributed by atoms with Crippen LogP contribution < -0.4 is 5.32 Å². The van der Waals surface area contributed by atoms with Crippen LogP contribution in [0.4, 0.5) is 0 Å². The molecule has 1 amide bonds. The summed E-state index contributed by atoms with van der Waals surface area (Å²) in [7, 11) is 0. The van der Waals surface area contributed by atoms with Crippen LogP contribution in [0.1, 0.15) is 33.0 Å². The van der Waals surface area contributed by atoms with E-state index >= 15 is 0 Å². The van der Waals surface area contributed by atoms with Crippen molar-refractivity contribution in [1.29, 1.82) is 0 Å². The van der Waals surface area contributed by atoms with Crippen LogP contribution in [0, 0.1) is 5.41 Å². The molecule has 0 spiro atoms. The van der Waals surface area contributed by atoms with Crippen molar-refractivity contribution in [3.8, 4) is 0 Å². The fourth-order valence-electron chi connectivity index (χ4n) is 2.20. The third kappa shape index (κ3) is 1.66. The van der Waals surface area contributed by atoms with Gasteiger partial charge in [-0.1, -0.05) is 6.92 Å². The lowest BCUT2D eigenvalue weighted by Gasteiger charge is -2.36. The highest BCUT2D eigenvalue weighted by atomic mass is 16.3. The Kier molecular flexibility index (Phi) is 2.14. The second-order valence-corrected chi connectivity index (χ2v) is 5.17. The molecule has 0 bridgehead atoms. The van der Waals surface area contributed by atoms with Gasteiger partial charge in [0.2, 0.25) is 5.91 Å². The van der Waals surface area contributed by atoms with Gasteiger partial charge in [-0.2, -0.15) is 0 Å². The molecule has 1 atom stereocenters. The summed E-state index contributed by atoms with van der Waals surface area (Å²) in [5.41, 5.74) is -0.237. The van der Waals surface area contributed by atoms with Crippen LogP contribution in [0.2, 0.25) is 0 Å². The zero-order chi connectivity index (χ0) is 11.1. The quantitative estimate of drug-likeness (QED) is 0.807. The highest BCUT2D eigenvalue weighted by Crippen LogP contribution is 2.42. The van der Waals surface area contributed by atoms with E-state index in [4.69, 9.17) is 4.42 Å². The predicted molar refractivity (Wildman–Crippen MR) is 57.4 cm³/mol. The zero-order valence-corrected chi connectivity index (χ0v) is 9.46. The maximum Gasteiger partial charge on any atom is 0.221 e. The van der Waals surface area contributed by atoms with Crippen LogP contribution in [0.3, 0.4) is 0 Å². The summed E-state index contributed by atoms with van der Waals surface area (Å²) >= 11 is 0. The summed E-state index contributed by atoms with van der Waals surface area (Å²) in [6, 6.07) is 3.85. The van der Waals surface area contributed by atoms with Crippen molar-refractivity contribution in [3.63, 3.8) is 0 Å². The van der Waals surface area contributed by atoms with E-state index in [2.05, 4.69) is 26.1 Å². The number of carbonyl (C=O) groups is 1. The first-order valence-electron chi connectivity index (χ1n) is 5.26. The Bertz CT molecular complexity index is 367. The Balaban J connectivity index is 2.23. The van der Waals surface area contributed by atoms with Crippen LogP contribution in [-0.4, -0.2) is 11.4 Å². The molecule has 1 aromatic rings. The van der Waals surface area contributed by atoms with Crippen molar-refractivity contribution in [1.82, 2.24) is 5.32 Å². The molecular weight excluding hydrogens is 190 g/mol. The highest BCUT2D eigenvalue weighted by Gasteiger charge is 2.49. The van der Waals surface area contributed by atoms with Crippen molar-refractivity contribution < 1.29 is 9.21 Å². The van der Waals surface area contributed by atoms with Crippen LogP contribution >= 0.6 is 0 Å². The van der Waals surface area contributed by atoms with Gasteiger partial charge in [0.05, 0.1) is 6.26 Å². The summed E-state index contributed by atoms with van der Waals surface area (Å²) < 4.78 is 5.35. The number of hydrogen-bond donors (Lipinski definition) is 1. The molecule has 1 aliphatic heterocycles. The van der Waals surface area contributed by atoms with Gasteiger partial charge < -0.3 is 9.73 Å². The second-order valence-electron chi connectivity index (χ2n) is 5.17. The standard InChI is InChI=1S/C12H17NO2/c1-11(2)12(3,8-10(14)13-11)7-9-5-4-6-15-9/h4-6H,7-8H2,1-3H3,(H,13,14). The predicted octanol–water partition coefficient (Wildman–Crippen LogP) is 2.13. The Morgan fingerprint density at radius 1 is 1.47 bits per heavy atom. The molecule has 2 heterocycles. The molecule has 15 heavy (non-hydrogen) atoms. The largest absolute Gasteiger partial charge is 0.469 e. The Morgan fingerprint density at radius 2 is 2.20 bits per heavy atom. The molecule has 1 fully saturated rings. The van der Waals surface area contributed by atoms with Gasteiger partial charge in [-0.05, 0) is 26.0 Å². The molecule has 1 saturated heterocycles. The summed E-state index contributed by atoms with van der Waals surface area (Å²) in [5, 5.41) is 3.02. The van der Waals surface area contributed by atoms with E-state index in [0.29, 0.717) is 6.42 Å². The van der Waals surface area contributed by atoms with E-state index < -0.39 is 0 Å². The average Bonchev–Trinajstić information content (AvgIpc) is 2.59. The zero-order valence-electron chi connectivity index (χ0n) is 9.46. The van der Waals surface area contributed by atoms with Crippen molar-refractivity contribution in [2.24, 2.45) is 5.41 Å². The maximum atomic E-state index is 11.5. The lowest BCUT2D eigenvalue weighted by Crippen LogP contribution is -2.46. The van der Waals surface area contributed by atoms with Gasteiger partial charge in [-0.3, -0.25) is 4.79 Å². The lowest BCUT2D eigenvalue weighted by molar-refractivity contribution is -0.119. The Hall–Kier alpha value is -1.25. The first-order valence-corrected chi connectivity index (χ1v) is 5.26. The van der Waals surface area contributed by atoms with E-state index in [1.54, 1.807) is 6.26 Å². The van der Waals surface area contributed by atoms with Gasteiger partial charge in [0.25, 0.3) is 0 Å². The summed E-state index contributed by atoms with van der Waals surface area (Å²) in [5.74, 6) is 1.08.